The van der Waals surface area contributed by atoms with E-state index in [1.54, 1.807) is 0 Å². The Bertz CT molecular complexity index is 909. The molecular weight excluding hydrogens is 610 g/mol. The Morgan fingerprint density at radius 3 is 1.51 bits per heavy atom. The second kappa shape index (κ2) is 11.4. The van der Waals surface area contributed by atoms with Gasteiger partial charge >= 0.3 is 42.0 Å². The first-order valence-corrected chi connectivity index (χ1v) is 12.1. The normalized spacial score (nSPS) is 30.8. The number of aliphatic hydroxyl groups is 2. The molecule has 0 aromatic heterocycles. The minimum Gasteiger partial charge on any atom is -0.392 e. The molecule has 0 aliphatic heterocycles. The Balaban J connectivity index is 2.30. The van der Waals surface area contributed by atoms with Crippen LogP contribution in [0.15, 0.2) is 0 Å². The van der Waals surface area contributed by atoms with Crippen LogP contribution >= 0.6 is 0 Å². The summed E-state index contributed by atoms with van der Waals surface area (Å²) in [5.74, 6) is -33.3. The van der Waals surface area contributed by atoms with Crippen molar-refractivity contribution in [3.8, 4) is 0 Å². The number of rotatable bonds is 11. The van der Waals surface area contributed by atoms with E-state index in [9.17, 15) is 71.7 Å². The van der Waals surface area contributed by atoms with Crippen molar-refractivity contribution in [3.63, 3.8) is 0 Å². The van der Waals surface area contributed by atoms with Crippen LogP contribution < -0.4 is 11.5 Å². The van der Waals surface area contributed by atoms with Crippen molar-refractivity contribution in [3.05, 3.63) is 0 Å². The van der Waals surface area contributed by atoms with E-state index in [2.05, 4.69) is 9.47 Å². The first-order valence-electron chi connectivity index (χ1n) is 12.1. The first kappa shape index (κ1) is 36.0. The SMILES string of the molecule is CC(OC(F)(F)C(F)(F)C(F)(F)C(F)(F)C(F)(F)OC(F)(F)C(F)(F)C1CCC(O)C(N)C1)C1CCC(O)C(N)C1. The van der Waals surface area contributed by atoms with E-state index in [1.807, 2.05) is 0 Å². The highest BCUT2D eigenvalue weighted by atomic mass is 19.4. The number of nitrogens with two attached hydrogens (primary N) is 2. The van der Waals surface area contributed by atoms with Crippen LogP contribution in [0, 0.1) is 11.8 Å². The number of hydrogen-bond donors (Lipinski definition) is 4. The number of halogens is 14. The third-order valence-corrected chi connectivity index (χ3v) is 7.44. The summed E-state index contributed by atoms with van der Waals surface area (Å²) in [6.07, 6.45) is -29.7. The van der Waals surface area contributed by atoms with Crippen molar-refractivity contribution in [2.45, 2.75) is 118 Å². The third-order valence-electron chi connectivity index (χ3n) is 7.44. The number of hydrogen-bond acceptors (Lipinski definition) is 6. The Hall–Kier alpha value is -1.22. The topological polar surface area (TPSA) is 111 Å². The van der Waals surface area contributed by atoms with Crippen LogP contribution in [0.3, 0.4) is 0 Å². The maximum absolute atomic E-state index is 14.3. The van der Waals surface area contributed by atoms with Crippen molar-refractivity contribution in [1.29, 1.82) is 0 Å². The van der Waals surface area contributed by atoms with Crippen molar-refractivity contribution >= 4 is 0 Å². The fourth-order valence-corrected chi connectivity index (χ4v) is 4.67. The van der Waals surface area contributed by atoms with E-state index >= 15 is 0 Å². The molecule has 7 unspecified atom stereocenters. The molecule has 244 valence electrons. The van der Waals surface area contributed by atoms with Crippen molar-refractivity contribution in [2.24, 2.45) is 23.3 Å². The van der Waals surface area contributed by atoms with Gasteiger partial charge in [-0.25, -0.2) is 4.74 Å². The second-order valence-electron chi connectivity index (χ2n) is 10.4. The van der Waals surface area contributed by atoms with Crippen molar-refractivity contribution < 1.29 is 81.2 Å². The molecule has 41 heavy (non-hydrogen) atoms. The minimum atomic E-state index is -7.96. The second-order valence-corrected chi connectivity index (χ2v) is 10.4. The predicted molar refractivity (Wildman–Crippen MR) is 109 cm³/mol. The molecule has 2 fully saturated rings. The van der Waals surface area contributed by atoms with E-state index in [4.69, 9.17) is 11.5 Å². The standard InChI is InChI=1S/C21H28F14N2O4/c1-8(9-2-4-13(38)11(36)6-9)40-20(32,33)17(26,27)16(24,25)18(28,29)21(34,35)41-19(30,31)15(22,23)10-3-5-14(39)12(37)7-10/h8-14,38-39H,2-7,36-37H2,1H3. The summed E-state index contributed by atoms with van der Waals surface area (Å²) in [5.41, 5.74) is 10.7. The van der Waals surface area contributed by atoms with Crippen LogP contribution in [0.2, 0.25) is 0 Å². The monoisotopic (exact) mass is 638 g/mol. The molecule has 2 aliphatic carbocycles. The van der Waals surface area contributed by atoms with E-state index in [0.29, 0.717) is 6.92 Å². The molecule has 0 spiro atoms. The summed E-state index contributed by atoms with van der Waals surface area (Å²) in [6.45, 7) is 0.603. The average Bonchev–Trinajstić information content (AvgIpc) is 2.80. The van der Waals surface area contributed by atoms with Crippen LogP contribution in [0.25, 0.3) is 0 Å². The molecule has 2 aliphatic rings. The van der Waals surface area contributed by atoms with Gasteiger partial charge in [0.05, 0.1) is 18.3 Å². The van der Waals surface area contributed by atoms with Crippen LogP contribution in [0.1, 0.15) is 45.4 Å². The maximum atomic E-state index is 14.3. The third kappa shape index (κ3) is 6.37. The van der Waals surface area contributed by atoms with Gasteiger partial charge in [0.1, 0.15) is 0 Å². The van der Waals surface area contributed by atoms with E-state index in [0.717, 1.165) is 0 Å². The zero-order valence-corrected chi connectivity index (χ0v) is 20.9. The molecule has 6 nitrogen and oxygen atoms in total. The molecule has 0 heterocycles. The maximum Gasteiger partial charge on any atom is 0.430 e. The summed E-state index contributed by atoms with van der Waals surface area (Å²) < 4.78 is 204. The minimum absolute atomic E-state index is 0.189. The molecule has 7 atom stereocenters. The lowest BCUT2D eigenvalue weighted by Gasteiger charge is -2.42. The molecular formula is C21H28F14N2O4. The van der Waals surface area contributed by atoms with Gasteiger partial charge < -0.3 is 26.4 Å². The molecule has 0 aromatic rings. The van der Waals surface area contributed by atoms with Crippen LogP contribution in [0.4, 0.5) is 61.5 Å². The molecule has 0 aromatic carbocycles. The fraction of sp³-hybridized carbons (Fsp3) is 1.00. The lowest BCUT2D eigenvalue weighted by Crippen LogP contribution is -2.70. The Kier molecular flexibility index (Phi) is 9.97. The van der Waals surface area contributed by atoms with Gasteiger partial charge in [-0.05, 0) is 51.4 Å². The van der Waals surface area contributed by atoms with Gasteiger partial charge in [-0.1, -0.05) is 0 Å². The zero-order valence-electron chi connectivity index (χ0n) is 20.9. The lowest BCUT2D eigenvalue weighted by atomic mass is 9.80. The van der Waals surface area contributed by atoms with Crippen LogP contribution in [-0.4, -0.2) is 82.6 Å². The van der Waals surface area contributed by atoms with Gasteiger partial charge in [-0.3, -0.25) is 0 Å². The highest BCUT2D eigenvalue weighted by Gasteiger charge is 2.89. The Morgan fingerprint density at radius 2 is 1.05 bits per heavy atom. The smallest absolute Gasteiger partial charge is 0.392 e. The summed E-state index contributed by atoms with van der Waals surface area (Å²) in [4.78, 5) is 0. The summed E-state index contributed by atoms with van der Waals surface area (Å²) in [7, 11) is 0. The van der Waals surface area contributed by atoms with Crippen molar-refractivity contribution in [2.75, 3.05) is 0 Å². The highest BCUT2D eigenvalue weighted by molar-refractivity contribution is 5.05. The highest BCUT2D eigenvalue weighted by Crippen LogP contribution is 2.60. The summed E-state index contributed by atoms with van der Waals surface area (Å²) >= 11 is 0. The predicted octanol–water partition coefficient (Wildman–Crippen LogP) is 4.70. The zero-order chi connectivity index (χ0) is 32.2. The molecule has 6 N–H and O–H groups in total. The Labute approximate surface area is 223 Å². The van der Waals surface area contributed by atoms with Gasteiger partial charge in [0.15, 0.2) is 0 Å². The molecule has 2 rings (SSSR count). The van der Waals surface area contributed by atoms with Crippen molar-refractivity contribution in [1.82, 2.24) is 0 Å². The summed E-state index contributed by atoms with van der Waals surface area (Å²) in [6, 6.07) is -2.73. The number of ether oxygens (including phenoxy) is 2. The van der Waals surface area contributed by atoms with E-state index in [1.165, 1.54) is 0 Å². The quantitative estimate of drug-likeness (QED) is 0.244. The van der Waals surface area contributed by atoms with Gasteiger partial charge in [0.25, 0.3) is 0 Å². The van der Waals surface area contributed by atoms with Crippen LogP contribution in [0.5, 0.6) is 0 Å². The summed E-state index contributed by atoms with van der Waals surface area (Å²) in [5, 5.41) is 18.9. The largest absolute Gasteiger partial charge is 0.430 e. The number of alkyl halides is 14. The molecule has 0 amide bonds. The Morgan fingerprint density at radius 1 is 0.610 bits per heavy atom. The number of aliphatic hydroxyl groups excluding tert-OH is 2. The average molecular weight is 638 g/mol. The van der Waals surface area contributed by atoms with Gasteiger partial charge in [0, 0.05) is 18.0 Å². The molecule has 20 heteroatoms. The van der Waals surface area contributed by atoms with E-state index < -0.39 is 110 Å². The molecule has 2 saturated carbocycles. The van der Waals surface area contributed by atoms with Gasteiger partial charge in [0.2, 0.25) is 0 Å². The fourth-order valence-electron chi connectivity index (χ4n) is 4.67. The van der Waals surface area contributed by atoms with E-state index in [-0.39, 0.29) is 12.8 Å². The lowest BCUT2D eigenvalue weighted by molar-refractivity contribution is -0.514. The van der Waals surface area contributed by atoms with Crippen LogP contribution in [-0.2, 0) is 9.47 Å². The van der Waals surface area contributed by atoms with Gasteiger partial charge in [-0.2, -0.15) is 61.5 Å². The first-order chi connectivity index (χ1) is 18.2. The molecule has 0 saturated heterocycles. The van der Waals surface area contributed by atoms with Gasteiger partial charge in [-0.15, -0.1) is 0 Å². The molecule has 0 radical (unpaired) electrons. The molecule has 0 bridgehead atoms.